The monoisotopic (exact) mass is 313 g/mol. The van der Waals surface area contributed by atoms with Gasteiger partial charge in [-0.3, -0.25) is 4.79 Å². The number of fused-ring (bicyclic) bond motifs is 2. The molecule has 1 fully saturated rings. The predicted molar refractivity (Wildman–Crippen MR) is 98.4 cm³/mol. The lowest BCUT2D eigenvalue weighted by Crippen LogP contribution is -2.44. The van der Waals surface area contributed by atoms with Gasteiger partial charge >= 0.3 is 0 Å². The maximum absolute atomic E-state index is 12.3. The number of amides is 1. The maximum Gasteiger partial charge on any atom is 0.222 e. The molecule has 0 bridgehead atoms. The van der Waals surface area contributed by atoms with Gasteiger partial charge in [0.05, 0.1) is 0 Å². The standard InChI is InChI=1S/C19H25NO.C2H6/c1-3-15(2)14-18(21)20-12-10-19(11-13-20)9-8-16-6-4-5-7-17(16)19;1-2/h4-9,15H,3,10-14H2,1-2H3;1-2H3/t15-;/m0./s1. The van der Waals surface area contributed by atoms with Crippen molar-refractivity contribution in [3.05, 3.63) is 41.5 Å². The first kappa shape index (κ1) is 17.8. The molecular weight excluding hydrogens is 282 g/mol. The Kier molecular flexibility index (Phi) is 6.04. The molecule has 0 aromatic heterocycles. The molecule has 0 N–H and O–H groups in total. The molecule has 1 amide bonds. The Balaban J connectivity index is 0.000000924. The molecule has 1 aromatic rings. The number of nitrogens with zero attached hydrogens (tertiary/aromatic N) is 1. The topological polar surface area (TPSA) is 20.3 Å². The number of carbonyl (C=O) groups is 1. The quantitative estimate of drug-likeness (QED) is 0.766. The van der Waals surface area contributed by atoms with E-state index in [1.54, 1.807) is 0 Å². The van der Waals surface area contributed by atoms with Gasteiger partial charge in [-0.1, -0.05) is 70.5 Å². The summed E-state index contributed by atoms with van der Waals surface area (Å²) in [5, 5.41) is 0. The fourth-order valence-electron chi connectivity index (χ4n) is 3.60. The highest BCUT2D eigenvalue weighted by molar-refractivity contribution is 5.77. The highest BCUT2D eigenvalue weighted by Crippen LogP contribution is 2.43. The van der Waals surface area contributed by atoms with Crippen molar-refractivity contribution < 1.29 is 4.79 Å². The zero-order valence-electron chi connectivity index (χ0n) is 15.1. The Morgan fingerprint density at radius 2 is 1.87 bits per heavy atom. The lowest BCUT2D eigenvalue weighted by atomic mass is 9.74. The molecule has 126 valence electrons. The number of piperidine rings is 1. The van der Waals surface area contributed by atoms with E-state index in [4.69, 9.17) is 0 Å². The van der Waals surface area contributed by atoms with E-state index in [9.17, 15) is 4.79 Å². The van der Waals surface area contributed by atoms with Crippen LogP contribution in [-0.2, 0) is 10.2 Å². The number of likely N-dealkylation sites (tertiary alicyclic amines) is 1. The molecule has 1 atom stereocenters. The number of carbonyl (C=O) groups excluding carboxylic acids is 1. The highest BCUT2D eigenvalue weighted by Gasteiger charge is 2.38. The molecule has 3 rings (SSSR count). The van der Waals surface area contributed by atoms with E-state index in [-0.39, 0.29) is 5.41 Å². The van der Waals surface area contributed by atoms with Crippen LogP contribution in [0.25, 0.3) is 6.08 Å². The van der Waals surface area contributed by atoms with Gasteiger partial charge in [-0.05, 0) is 29.9 Å². The van der Waals surface area contributed by atoms with Crippen molar-refractivity contribution in [3.63, 3.8) is 0 Å². The molecule has 0 saturated carbocycles. The zero-order chi connectivity index (χ0) is 16.9. The van der Waals surface area contributed by atoms with Crippen LogP contribution in [0.15, 0.2) is 30.3 Å². The Bertz CT molecular complexity index is 553. The van der Waals surface area contributed by atoms with Crippen molar-refractivity contribution in [2.75, 3.05) is 13.1 Å². The lowest BCUT2D eigenvalue weighted by molar-refractivity contribution is -0.133. The van der Waals surface area contributed by atoms with Gasteiger partial charge in [-0.25, -0.2) is 0 Å². The number of rotatable bonds is 3. The molecule has 23 heavy (non-hydrogen) atoms. The third kappa shape index (κ3) is 3.68. The Labute approximate surface area is 141 Å². The minimum atomic E-state index is 0.184. The summed E-state index contributed by atoms with van der Waals surface area (Å²) < 4.78 is 0. The van der Waals surface area contributed by atoms with Crippen molar-refractivity contribution in [2.45, 2.75) is 58.8 Å². The summed E-state index contributed by atoms with van der Waals surface area (Å²) in [6.45, 7) is 10.1. The van der Waals surface area contributed by atoms with Gasteiger partial charge in [0.25, 0.3) is 0 Å². The third-order valence-corrected chi connectivity index (χ3v) is 5.31. The molecule has 2 aliphatic rings. The van der Waals surface area contributed by atoms with E-state index >= 15 is 0 Å². The molecule has 0 unspecified atom stereocenters. The minimum absolute atomic E-state index is 0.184. The third-order valence-electron chi connectivity index (χ3n) is 5.31. The molecule has 2 heteroatoms. The first-order valence-electron chi connectivity index (χ1n) is 9.21. The van der Waals surface area contributed by atoms with Gasteiger partial charge in [-0.2, -0.15) is 0 Å². The highest BCUT2D eigenvalue weighted by atomic mass is 16.2. The average molecular weight is 313 g/mol. The van der Waals surface area contributed by atoms with Gasteiger partial charge in [0.15, 0.2) is 0 Å². The van der Waals surface area contributed by atoms with E-state index in [2.05, 4.69) is 55.2 Å². The Morgan fingerprint density at radius 3 is 2.52 bits per heavy atom. The van der Waals surface area contributed by atoms with Gasteiger partial charge in [0, 0.05) is 24.9 Å². The van der Waals surface area contributed by atoms with Crippen LogP contribution in [0.4, 0.5) is 0 Å². The largest absolute Gasteiger partial charge is 0.343 e. The van der Waals surface area contributed by atoms with Gasteiger partial charge in [-0.15, -0.1) is 0 Å². The van der Waals surface area contributed by atoms with Crippen molar-refractivity contribution in [2.24, 2.45) is 5.92 Å². The zero-order valence-corrected chi connectivity index (χ0v) is 15.1. The normalized spacial score (nSPS) is 19.0. The summed E-state index contributed by atoms with van der Waals surface area (Å²) in [5.41, 5.74) is 3.00. The molecule has 1 aromatic carbocycles. The summed E-state index contributed by atoms with van der Waals surface area (Å²) in [6.07, 6.45) is 8.54. The van der Waals surface area contributed by atoms with Gasteiger partial charge < -0.3 is 4.90 Å². The Hall–Kier alpha value is -1.57. The molecule has 1 aliphatic carbocycles. The molecule has 0 radical (unpaired) electrons. The van der Waals surface area contributed by atoms with E-state index in [0.29, 0.717) is 18.2 Å². The van der Waals surface area contributed by atoms with E-state index in [1.807, 2.05) is 13.8 Å². The van der Waals surface area contributed by atoms with Crippen LogP contribution in [0.5, 0.6) is 0 Å². The summed E-state index contributed by atoms with van der Waals surface area (Å²) in [7, 11) is 0. The molecular formula is C21H31NO. The van der Waals surface area contributed by atoms with Crippen LogP contribution in [0.3, 0.4) is 0 Å². The summed E-state index contributed by atoms with van der Waals surface area (Å²) >= 11 is 0. The van der Waals surface area contributed by atoms with Crippen molar-refractivity contribution in [1.29, 1.82) is 0 Å². The van der Waals surface area contributed by atoms with Gasteiger partial charge in [0.2, 0.25) is 5.91 Å². The minimum Gasteiger partial charge on any atom is -0.343 e. The van der Waals surface area contributed by atoms with Crippen LogP contribution < -0.4 is 0 Å². The fourth-order valence-corrected chi connectivity index (χ4v) is 3.60. The van der Waals surface area contributed by atoms with E-state index in [0.717, 1.165) is 32.4 Å². The molecule has 1 heterocycles. The Morgan fingerprint density at radius 1 is 1.22 bits per heavy atom. The summed E-state index contributed by atoms with van der Waals surface area (Å²) in [6, 6.07) is 8.69. The number of allylic oxidation sites excluding steroid dienone is 1. The molecule has 1 spiro atoms. The molecule has 1 saturated heterocycles. The van der Waals surface area contributed by atoms with Crippen LogP contribution in [0.1, 0.15) is 64.5 Å². The maximum atomic E-state index is 12.3. The molecule has 2 nitrogen and oxygen atoms in total. The number of benzene rings is 1. The second kappa shape index (κ2) is 7.81. The first-order chi connectivity index (χ1) is 11.1. The van der Waals surface area contributed by atoms with Crippen LogP contribution in [0, 0.1) is 5.92 Å². The van der Waals surface area contributed by atoms with Crippen LogP contribution in [-0.4, -0.2) is 23.9 Å². The first-order valence-corrected chi connectivity index (χ1v) is 9.21. The summed E-state index contributed by atoms with van der Waals surface area (Å²) in [5.74, 6) is 0.843. The van der Waals surface area contributed by atoms with Crippen molar-refractivity contribution in [1.82, 2.24) is 4.90 Å². The number of hydrogen-bond donors (Lipinski definition) is 0. The number of hydrogen-bond acceptors (Lipinski definition) is 1. The van der Waals surface area contributed by atoms with E-state index < -0.39 is 0 Å². The average Bonchev–Trinajstić information content (AvgIpc) is 2.96. The van der Waals surface area contributed by atoms with Crippen LogP contribution in [0.2, 0.25) is 0 Å². The lowest BCUT2D eigenvalue weighted by Gasteiger charge is -2.39. The second-order valence-corrected chi connectivity index (χ2v) is 6.68. The summed E-state index contributed by atoms with van der Waals surface area (Å²) in [4.78, 5) is 14.4. The van der Waals surface area contributed by atoms with Crippen molar-refractivity contribution in [3.8, 4) is 0 Å². The van der Waals surface area contributed by atoms with Crippen LogP contribution >= 0.6 is 0 Å². The SMILES string of the molecule is CC.CC[C@H](C)CC(=O)N1CCC2(C=Cc3ccccc32)CC1. The van der Waals surface area contributed by atoms with Gasteiger partial charge in [0.1, 0.15) is 0 Å². The fraction of sp³-hybridized carbons (Fsp3) is 0.571. The second-order valence-electron chi connectivity index (χ2n) is 6.68. The van der Waals surface area contributed by atoms with Crippen molar-refractivity contribution >= 4 is 12.0 Å². The smallest absolute Gasteiger partial charge is 0.222 e. The van der Waals surface area contributed by atoms with E-state index in [1.165, 1.54) is 11.1 Å². The molecule has 1 aliphatic heterocycles. The predicted octanol–water partition coefficient (Wildman–Crippen LogP) is 5.04.